The van der Waals surface area contributed by atoms with Gasteiger partial charge in [-0.25, -0.2) is 9.97 Å². The predicted molar refractivity (Wildman–Crippen MR) is 65.4 cm³/mol. The molecule has 0 radical (unpaired) electrons. The van der Waals surface area contributed by atoms with Crippen LogP contribution in [0.3, 0.4) is 0 Å². The standard InChI is InChI=1S/C12H15N5/c1-17-8-10(7-15-17)11-4-5-13-12(16-11)14-6-9-2-3-9/h4-5,7-9H,2-3,6H2,1H3,(H,13,14,16). The maximum absolute atomic E-state index is 4.48. The van der Waals surface area contributed by atoms with Gasteiger partial charge in [0.15, 0.2) is 0 Å². The Morgan fingerprint density at radius 2 is 2.35 bits per heavy atom. The fourth-order valence-electron chi connectivity index (χ4n) is 1.72. The van der Waals surface area contributed by atoms with Crippen molar-refractivity contribution in [2.75, 3.05) is 11.9 Å². The summed E-state index contributed by atoms with van der Waals surface area (Å²) >= 11 is 0. The maximum atomic E-state index is 4.48. The molecule has 88 valence electrons. The molecule has 0 spiro atoms. The number of hydrogen-bond acceptors (Lipinski definition) is 4. The lowest BCUT2D eigenvalue weighted by atomic mass is 10.2. The van der Waals surface area contributed by atoms with Gasteiger partial charge in [0.05, 0.1) is 11.9 Å². The first kappa shape index (κ1) is 10.3. The Balaban J connectivity index is 1.77. The zero-order valence-electron chi connectivity index (χ0n) is 9.80. The van der Waals surface area contributed by atoms with E-state index in [0.717, 1.165) is 23.7 Å². The van der Waals surface area contributed by atoms with Crippen LogP contribution < -0.4 is 5.32 Å². The third-order valence-corrected chi connectivity index (χ3v) is 2.90. The molecule has 0 unspecified atom stereocenters. The fraction of sp³-hybridized carbons (Fsp3) is 0.417. The lowest BCUT2D eigenvalue weighted by Gasteiger charge is -2.04. The highest BCUT2D eigenvalue weighted by atomic mass is 15.2. The second-order valence-electron chi connectivity index (χ2n) is 4.49. The summed E-state index contributed by atoms with van der Waals surface area (Å²) in [6.07, 6.45) is 8.20. The molecule has 1 N–H and O–H groups in total. The van der Waals surface area contributed by atoms with Crippen LogP contribution >= 0.6 is 0 Å². The summed E-state index contributed by atoms with van der Waals surface area (Å²) in [5.74, 6) is 1.53. The van der Waals surface area contributed by atoms with E-state index < -0.39 is 0 Å². The summed E-state index contributed by atoms with van der Waals surface area (Å²) < 4.78 is 1.77. The molecule has 5 heteroatoms. The molecule has 3 rings (SSSR count). The van der Waals surface area contributed by atoms with Crippen LogP contribution in [0, 0.1) is 5.92 Å². The molecule has 1 fully saturated rings. The van der Waals surface area contributed by atoms with E-state index in [1.165, 1.54) is 12.8 Å². The van der Waals surface area contributed by atoms with E-state index in [0.29, 0.717) is 5.95 Å². The van der Waals surface area contributed by atoms with Crippen LogP contribution in [0.4, 0.5) is 5.95 Å². The maximum Gasteiger partial charge on any atom is 0.223 e. The van der Waals surface area contributed by atoms with Gasteiger partial charge >= 0.3 is 0 Å². The van der Waals surface area contributed by atoms with E-state index in [-0.39, 0.29) is 0 Å². The Morgan fingerprint density at radius 3 is 3.06 bits per heavy atom. The molecule has 0 aliphatic heterocycles. The van der Waals surface area contributed by atoms with E-state index in [2.05, 4.69) is 20.4 Å². The number of hydrogen-bond donors (Lipinski definition) is 1. The Kier molecular flexibility index (Phi) is 2.51. The van der Waals surface area contributed by atoms with Crippen molar-refractivity contribution >= 4 is 5.95 Å². The molecule has 0 aromatic carbocycles. The molecule has 0 bridgehead atoms. The third kappa shape index (κ3) is 2.43. The molecule has 2 aromatic rings. The minimum atomic E-state index is 0.707. The van der Waals surface area contributed by atoms with Crippen molar-refractivity contribution in [3.63, 3.8) is 0 Å². The van der Waals surface area contributed by atoms with E-state index >= 15 is 0 Å². The summed E-state index contributed by atoms with van der Waals surface area (Å²) in [5, 5.41) is 7.42. The first-order chi connectivity index (χ1) is 8.31. The van der Waals surface area contributed by atoms with Crippen LogP contribution in [-0.4, -0.2) is 26.3 Å². The first-order valence-electron chi connectivity index (χ1n) is 5.87. The molecule has 2 heterocycles. The molecule has 5 nitrogen and oxygen atoms in total. The van der Waals surface area contributed by atoms with E-state index in [1.54, 1.807) is 10.9 Å². The normalized spacial score (nSPS) is 14.9. The Hall–Kier alpha value is -1.91. The molecule has 1 saturated carbocycles. The number of aryl methyl sites for hydroxylation is 1. The number of aromatic nitrogens is 4. The zero-order chi connectivity index (χ0) is 11.7. The van der Waals surface area contributed by atoms with Crippen LogP contribution in [0.15, 0.2) is 24.7 Å². The SMILES string of the molecule is Cn1cc(-c2ccnc(NCC3CC3)n2)cn1. The van der Waals surface area contributed by atoms with Crippen LogP contribution in [0.1, 0.15) is 12.8 Å². The van der Waals surface area contributed by atoms with Crippen LogP contribution in [0.5, 0.6) is 0 Å². The van der Waals surface area contributed by atoms with E-state index in [4.69, 9.17) is 0 Å². The van der Waals surface area contributed by atoms with Crippen molar-refractivity contribution in [1.82, 2.24) is 19.7 Å². The average Bonchev–Trinajstić information content (AvgIpc) is 3.08. The molecule has 1 aliphatic rings. The van der Waals surface area contributed by atoms with Gasteiger partial charge in [-0.2, -0.15) is 5.10 Å². The van der Waals surface area contributed by atoms with Gasteiger partial charge in [0.25, 0.3) is 0 Å². The minimum absolute atomic E-state index is 0.707. The summed E-state index contributed by atoms with van der Waals surface area (Å²) in [4.78, 5) is 8.70. The van der Waals surface area contributed by atoms with E-state index in [1.807, 2.05) is 25.5 Å². The van der Waals surface area contributed by atoms with Crippen LogP contribution in [0.2, 0.25) is 0 Å². The Labute approximate surface area is 99.9 Å². The quantitative estimate of drug-likeness (QED) is 0.867. The van der Waals surface area contributed by atoms with Crippen molar-refractivity contribution in [3.8, 4) is 11.3 Å². The molecule has 0 atom stereocenters. The lowest BCUT2D eigenvalue weighted by molar-refractivity contribution is 0.768. The monoisotopic (exact) mass is 229 g/mol. The van der Waals surface area contributed by atoms with Crippen molar-refractivity contribution < 1.29 is 0 Å². The summed E-state index contributed by atoms with van der Waals surface area (Å²) in [6, 6.07) is 1.90. The number of rotatable bonds is 4. The van der Waals surface area contributed by atoms with Gasteiger partial charge in [0.2, 0.25) is 5.95 Å². The number of nitrogens with one attached hydrogen (secondary N) is 1. The Morgan fingerprint density at radius 1 is 1.47 bits per heavy atom. The molecule has 2 aromatic heterocycles. The van der Waals surface area contributed by atoms with Gasteiger partial charge in [-0.15, -0.1) is 0 Å². The van der Waals surface area contributed by atoms with Gasteiger partial charge in [0.1, 0.15) is 0 Å². The molecule has 0 saturated heterocycles. The van der Waals surface area contributed by atoms with Gasteiger partial charge in [-0.1, -0.05) is 0 Å². The second kappa shape index (κ2) is 4.16. The zero-order valence-corrected chi connectivity index (χ0v) is 9.80. The van der Waals surface area contributed by atoms with Crippen molar-refractivity contribution in [2.45, 2.75) is 12.8 Å². The fourth-order valence-corrected chi connectivity index (χ4v) is 1.72. The van der Waals surface area contributed by atoms with Crippen LogP contribution in [-0.2, 0) is 7.05 Å². The van der Waals surface area contributed by atoms with Gasteiger partial charge < -0.3 is 5.32 Å². The Bertz CT molecular complexity index is 515. The van der Waals surface area contributed by atoms with Gasteiger partial charge in [-0.3, -0.25) is 4.68 Å². The van der Waals surface area contributed by atoms with E-state index in [9.17, 15) is 0 Å². The second-order valence-corrected chi connectivity index (χ2v) is 4.49. The summed E-state index contributed by atoms with van der Waals surface area (Å²) in [5.41, 5.74) is 1.93. The van der Waals surface area contributed by atoms with Crippen molar-refractivity contribution in [3.05, 3.63) is 24.7 Å². The minimum Gasteiger partial charge on any atom is -0.354 e. The molecular weight excluding hydrogens is 214 g/mol. The first-order valence-corrected chi connectivity index (χ1v) is 5.87. The molecule has 17 heavy (non-hydrogen) atoms. The average molecular weight is 229 g/mol. The van der Waals surface area contributed by atoms with Gasteiger partial charge in [0, 0.05) is 31.5 Å². The third-order valence-electron chi connectivity index (χ3n) is 2.90. The van der Waals surface area contributed by atoms with Crippen LogP contribution in [0.25, 0.3) is 11.3 Å². The smallest absolute Gasteiger partial charge is 0.223 e. The largest absolute Gasteiger partial charge is 0.354 e. The van der Waals surface area contributed by atoms with Crippen molar-refractivity contribution in [2.24, 2.45) is 13.0 Å². The number of nitrogens with zero attached hydrogens (tertiary/aromatic N) is 4. The lowest BCUT2D eigenvalue weighted by Crippen LogP contribution is -2.06. The highest BCUT2D eigenvalue weighted by molar-refractivity contribution is 5.57. The topological polar surface area (TPSA) is 55.6 Å². The summed E-state index contributed by atoms with van der Waals surface area (Å²) in [7, 11) is 1.90. The summed E-state index contributed by atoms with van der Waals surface area (Å²) in [6.45, 7) is 0.983. The highest BCUT2D eigenvalue weighted by Gasteiger charge is 2.20. The van der Waals surface area contributed by atoms with Crippen molar-refractivity contribution in [1.29, 1.82) is 0 Å². The molecule has 0 amide bonds. The predicted octanol–water partition coefficient (Wildman–Crippen LogP) is 1.70. The number of anilines is 1. The molecule has 1 aliphatic carbocycles. The molecular formula is C12H15N5. The van der Waals surface area contributed by atoms with Gasteiger partial charge in [-0.05, 0) is 24.8 Å². The highest BCUT2D eigenvalue weighted by Crippen LogP contribution is 2.28.